The first-order valence-corrected chi connectivity index (χ1v) is 10.8. The fourth-order valence-corrected chi connectivity index (χ4v) is 4.05. The van der Waals surface area contributed by atoms with E-state index < -0.39 is 10.8 Å². The van der Waals surface area contributed by atoms with Gasteiger partial charge >= 0.3 is 0 Å². The van der Waals surface area contributed by atoms with Gasteiger partial charge in [-0.15, -0.1) is 0 Å². The summed E-state index contributed by atoms with van der Waals surface area (Å²) in [7, 11) is -1.02. The van der Waals surface area contributed by atoms with Crippen LogP contribution in [0.15, 0.2) is 72.0 Å². The lowest BCUT2D eigenvalue weighted by Gasteiger charge is -2.10. The summed E-state index contributed by atoms with van der Waals surface area (Å²) in [5.74, 6) is 0. The lowest BCUT2D eigenvalue weighted by atomic mass is 10.0. The van der Waals surface area contributed by atoms with Crippen molar-refractivity contribution in [3.05, 3.63) is 72.7 Å². The second-order valence-electron chi connectivity index (χ2n) is 7.38. The van der Waals surface area contributed by atoms with Gasteiger partial charge in [-0.25, -0.2) is 9.50 Å². The van der Waals surface area contributed by atoms with E-state index in [1.54, 1.807) is 17.0 Å². The Morgan fingerprint density at radius 1 is 1.04 bits per heavy atom. The molecule has 2 heterocycles. The predicted molar refractivity (Wildman–Crippen MR) is 111 cm³/mol. The van der Waals surface area contributed by atoms with Crippen LogP contribution in [0.5, 0.6) is 0 Å². The first-order chi connectivity index (χ1) is 13.5. The van der Waals surface area contributed by atoms with Gasteiger partial charge in [-0.05, 0) is 41.7 Å². The van der Waals surface area contributed by atoms with E-state index in [1.807, 2.05) is 36.7 Å². The van der Waals surface area contributed by atoms with Crippen molar-refractivity contribution in [3.8, 4) is 22.3 Å². The Kier molecular flexibility index (Phi) is 3.92. The molecule has 1 aliphatic carbocycles. The van der Waals surface area contributed by atoms with Gasteiger partial charge in [0.25, 0.3) is 0 Å². The van der Waals surface area contributed by atoms with Crippen molar-refractivity contribution in [3.63, 3.8) is 0 Å². The highest BCUT2D eigenvalue weighted by atomic mass is 32.2. The number of fused-ring (bicyclic) bond motifs is 1. The third kappa shape index (κ3) is 2.95. The monoisotopic (exact) mass is 388 g/mol. The summed E-state index contributed by atoms with van der Waals surface area (Å²) in [6.07, 6.45) is 9.45. The van der Waals surface area contributed by atoms with Crippen LogP contribution in [0.4, 0.5) is 0 Å². The molecule has 1 fully saturated rings. The molecule has 0 aliphatic heterocycles. The van der Waals surface area contributed by atoms with E-state index in [-0.39, 0.29) is 5.54 Å². The number of nitrogens with two attached hydrogens (primary N) is 1. The zero-order valence-corrected chi connectivity index (χ0v) is 16.3. The number of benzene rings is 2. The molecule has 0 amide bonds. The van der Waals surface area contributed by atoms with E-state index in [2.05, 4.69) is 34.3 Å². The van der Waals surface area contributed by atoms with Crippen molar-refractivity contribution in [1.29, 1.82) is 0 Å². The van der Waals surface area contributed by atoms with Gasteiger partial charge in [-0.1, -0.05) is 36.4 Å². The molecule has 140 valence electrons. The molecular weight excluding hydrogens is 368 g/mol. The van der Waals surface area contributed by atoms with E-state index >= 15 is 0 Å². The SMILES string of the molecule is CS(=O)c1cccc(-c2cnn3cc(-c4ccc(C5(N)CC5)cc4)cnc23)c1. The number of nitrogens with zero attached hydrogens (tertiary/aromatic N) is 3. The number of hydrogen-bond donors (Lipinski definition) is 1. The van der Waals surface area contributed by atoms with Gasteiger partial charge in [-0.3, -0.25) is 4.21 Å². The Morgan fingerprint density at radius 2 is 1.82 bits per heavy atom. The molecule has 5 nitrogen and oxygen atoms in total. The van der Waals surface area contributed by atoms with Gasteiger partial charge in [0.15, 0.2) is 5.65 Å². The Balaban J connectivity index is 1.51. The number of hydrogen-bond acceptors (Lipinski definition) is 4. The molecular formula is C22H20N4OS. The summed E-state index contributed by atoms with van der Waals surface area (Å²) in [6.45, 7) is 0. The van der Waals surface area contributed by atoms with Gasteiger partial charge in [0, 0.05) is 51.0 Å². The van der Waals surface area contributed by atoms with Crippen molar-refractivity contribution in [2.24, 2.45) is 5.73 Å². The maximum absolute atomic E-state index is 11.8. The van der Waals surface area contributed by atoms with Gasteiger partial charge in [-0.2, -0.15) is 5.10 Å². The lowest BCUT2D eigenvalue weighted by Crippen LogP contribution is -2.18. The third-order valence-corrected chi connectivity index (χ3v) is 6.33. The Hall–Kier alpha value is -2.83. The van der Waals surface area contributed by atoms with E-state index in [9.17, 15) is 4.21 Å². The molecule has 0 bridgehead atoms. The molecule has 2 aromatic heterocycles. The van der Waals surface area contributed by atoms with Crippen LogP contribution in [0.25, 0.3) is 27.9 Å². The first kappa shape index (κ1) is 17.3. The fourth-order valence-electron chi connectivity index (χ4n) is 3.49. The molecule has 1 unspecified atom stereocenters. The summed E-state index contributed by atoms with van der Waals surface area (Å²) >= 11 is 0. The Morgan fingerprint density at radius 3 is 2.54 bits per heavy atom. The zero-order valence-electron chi connectivity index (χ0n) is 15.5. The van der Waals surface area contributed by atoms with Crippen molar-refractivity contribution in [2.45, 2.75) is 23.3 Å². The molecule has 2 aromatic carbocycles. The maximum Gasteiger partial charge on any atom is 0.162 e. The van der Waals surface area contributed by atoms with Crippen LogP contribution in [0.3, 0.4) is 0 Å². The summed E-state index contributed by atoms with van der Waals surface area (Å²) < 4.78 is 13.6. The average molecular weight is 388 g/mol. The highest BCUT2D eigenvalue weighted by molar-refractivity contribution is 7.84. The van der Waals surface area contributed by atoms with Crippen LogP contribution in [-0.4, -0.2) is 25.1 Å². The predicted octanol–water partition coefficient (Wildman–Crippen LogP) is 3.75. The van der Waals surface area contributed by atoms with Crippen LogP contribution in [0.2, 0.25) is 0 Å². The number of aromatic nitrogens is 3. The zero-order chi connectivity index (χ0) is 19.3. The normalized spacial score (nSPS) is 16.2. The number of rotatable bonds is 4. The van der Waals surface area contributed by atoms with Crippen molar-refractivity contribution in [1.82, 2.24) is 14.6 Å². The summed E-state index contributed by atoms with van der Waals surface area (Å²) in [6, 6.07) is 16.1. The third-order valence-electron chi connectivity index (χ3n) is 5.42. The molecule has 6 heteroatoms. The largest absolute Gasteiger partial charge is 0.321 e. The van der Waals surface area contributed by atoms with E-state index in [1.165, 1.54) is 5.56 Å². The minimum Gasteiger partial charge on any atom is -0.321 e. The van der Waals surface area contributed by atoms with Crippen molar-refractivity contribution in [2.75, 3.05) is 6.26 Å². The molecule has 4 aromatic rings. The highest BCUT2D eigenvalue weighted by Gasteiger charge is 2.39. The van der Waals surface area contributed by atoms with Crippen LogP contribution in [-0.2, 0) is 16.3 Å². The Bertz CT molecular complexity index is 1210. The molecule has 2 N–H and O–H groups in total. The van der Waals surface area contributed by atoms with Gasteiger partial charge in [0.05, 0.1) is 6.20 Å². The standard InChI is InChI=1S/C22H20N4OS/c1-28(27)19-4-2-3-16(11-19)20-13-25-26-14-17(12-24-21(20)26)15-5-7-18(8-6-15)22(23)9-10-22/h2-8,11-14H,9-10,23H2,1H3. The summed E-state index contributed by atoms with van der Waals surface area (Å²) in [4.78, 5) is 5.45. The molecule has 1 saturated carbocycles. The van der Waals surface area contributed by atoms with Crippen LogP contribution in [0.1, 0.15) is 18.4 Å². The van der Waals surface area contributed by atoms with Crippen LogP contribution in [0, 0.1) is 0 Å². The molecule has 0 spiro atoms. The second-order valence-corrected chi connectivity index (χ2v) is 8.76. The molecule has 1 aliphatic rings. The van der Waals surface area contributed by atoms with Gasteiger partial charge in [0.1, 0.15) is 0 Å². The molecule has 0 saturated heterocycles. The van der Waals surface area contributed by atoms with E-state index in [0.29, 0.717) is 0 Å². The Labute approximate surface area is 165 Å². The second kappa shape index (κ2) is 6.36. The van der Waals surface area contributed by atoms with Gasteiger partial charge in [0.2, 0.25) is 0 Å². The summed E-state index contributed by atoms with van der Waals surface area (Å²) in [5.41, 5.74) is 12.1. The highest BCUT2D eigenvalue weighted by Crippen LogP contribution is 2.42. The minimum absolute atomic E-state index is 0.117. The lowest BCUT2D eigenvalue weighted by molar-refractivity contribution is 0.687. The minimum atomic E-state index is -1.02. The average Bonchev–Trinajstić information content (AvgIpc) is 3.33. The molecule has 1 atom stereocenters. The first-order valence-electron chi connectivity index (χ1n) is 9.21. The van der Waals surface area contributed by atoms with Crippen LogP contribution < -0.4 is 5.73 Å². The quantitative estimate of drug-likeness (QED) is 0.578. The molecule has 28 heavy (non-hydrogen) atoms. The van der Waals surface area contributed by atoms with Crippen molar-refractivity contribution >= 4 is 16.4 Å². The molecule has 5 rings (SSSR count). The maximum atomic E-state index is 11.8. The van der Waals surface area contributed by atoms with E-state index in [4.69, 9.17) is 5.73 Å². The van der Waals surface area contributed by atoms with Crippen LogP contribution >= 0.6 is 0 Å². The smallest absolute Gasteiger partial charge is 0.162 e. The fraction of sp³-hybridized carbons (Fsp3) is 0.182. The van der Waals surface area contributed by atoms with E-state index in [0.717, 1.165) is 45.6 Å². The summed E-state index contributed by atoms with van der Waals surface area (Å²) in [5, 5.41) is 4.48. The topological polar surface area (TPSA) is 73.3 Å². The van der Waals surface area contributed by atoms with Gasteiger partial charge < -0.3 is 5.73 Å². The van der Waals surface area contributed by atoms with Crippen molar-refractivity contribution < 1.29 is 4.21 Å². The molecule has 0 radical (unpaired) electrons.